The van der Waals surface area contributed by atoms with Crippen molar-refractivity contribution < 1.29 is 13.7 Å². The van der Waals surface area contributed by atoms with Crippen molar-refractivity contribution in [2.24, 2.45) is 0 Å². The number of amides is 1. The second-order valence-electron chi connectivity index (χ2n) is 5.79. The van der Waals surface area contributed by atoms with Crippen LogP contribution < -0.4 is 5.32 Å². The molecule has 130 valence electrons. The van der Waals surface area contributed by atoms with Gasteiger partial charge in [-0.2, -0.15) is 0 Å². The molecule has 7 heteroatoms. The van der Waals surface area contributed by atoms with Crippen LogP contribution in [0, 0.1) is 0 Å². The van der Waals surface area contributed by atoms with Crippen molar-refractivity contribution in [3.8, 4) is 22.8 Å². The molecule has 0 fully saturated rings. The molecule has 26 heavy (non-hydrogen) atoms. The van der Waals surface area contributed by atoms with Gasteiger partial charge in [-0.3, -0.25) is 4.79 Å². The SMILES string of the molecule is C[C@H](NC(=O)c1cnoc1-c1ccco1)c1ncc(-c2ccccc2)[nH]1. The largest absolute Gasteiger partial charge is 0.461 e. The molecule has 0 aliphatic rings. The van der Waals surface area contributed by atoms with Crippen LogP contribution in [0.4, 0.5) is 0 Å². The van der Waals surface area contributed by atoms with Crippen molar-refractivity contribution in [3.05, 3.63) is 72.5 Å². The van der Waals surface area contributed by atoms with Crippen molar-refractivity contribution in [2.75, 3.05) is 0 Å². The molecule has 0 saturated heterocycles. The van der Waals surface area contributed by atoms with Crippen LogP contribution in [0.15, 0.2) is 70.1 Å². The van der Waals surface area contributed by atoms with Crippen molar-refractivity contribution in [2.45, 2.75) is 13.0 Å². The Morgan fingerprint density at radius 2 is 2.00 bits per heavy atom. The maximum atomic E-state index is 12.6. The molecule has 1 atom stereocenters. The number of imidazole rings is 1. The van der Waals surface area contributed by atoms with Gasteiger partial charge in [0.05, 0.1) is 30.4 Å². The predicted octanol–water partition coefficient (Wildman–Crippen LogP) is 3.82. The lowest BCUT2D eigenvalue weighted by molar-refractivity contribution is 0.0938. The Balaban J connectivity index is 1.51. The maximum Gasteiger partial charge on any atom is 0.257 e. The zero-order valence-corrected chi connectivity index (χ0v) is 14.0. The minimum Gasteiger partial charge on any atom is -0.461 e. The van der Waals surface area contributed by atoms with Crippen LogP contribution in [-0.4, -0.2) is 21.0 Å². The Bertz CT molecular complexity index is 1000. The van der Waals surface area contributed by atoms with Crippen molar-refractivity contribution >= 4 is 5.91 Å². The van der Waals surface area contributed by atoms with E-state index in [1.807, 2.05) is 37.3 Å². The summed E-state index contributed by atoms with van der Waals surface area (Å²) in [6.45, 7) is 1.85. The number of carbonyl (C=O) groups excluding carboxylic acids is 1. The molecule has 1 amide bonds. The fourth-order valence-electron chi connectivity index (χ4n) is 2.65. The number of hydrogen-bond donors (Lipinski definition) is 2. The number of benzene rings is 1. The summed E-state index contributed by atoms with van der Waals surface area (Å²) in [5, 5.41) is 6.60. The van der Waals surface area contributed by atoms with Gasteiger partial charge < -0.3 is 19.2 Å². The Labute approximate surface area is 149 Å². The summed E-state index contributed by atoms with van der Waals surface area (Å²) in [5.74, 6) is 1.09. The highest BCUT2D eigenvalue weighted by Gasteiger charge is 2.22. The average molecular weight is 348 g/mol. The van der Waals surface area contributed by atoms with Gasteiger partial charge in [-0.25, -0.2) is 4.98 Å². The molecule has 4 aromatic rings. The maximum absolute atomic E-state index is 12.6. The van der Waals surface area contributed by atoms with E-state index >= 15 is 0 Å². The molecule has 0 aliphatic heterocycles. The zero-order chi connectivity index (χ0) is 17.9. The first-order valence-corrected chi connectivity index (χ1v) is 8.12. The molecule has 7 nitrogen and oxygen atoms in total. The van der Waals surface area contributed by atoms with E-state index in [0.717, 1.165) is 11.3 Å². The van der Waals surface area contributed by atoms with Crippen LogP contribution in [-0.2, 0) is 0 Å². The van der Waals surface area contributed by atoms with Gasteiger partial charge in [0.1, 0.15) is 11.4 Å². The molecule has 0 radical (unpaired) electrons. The fraction of sp³-hybridized carbons (Fsp3) is 0.105. The Hall–Kier alpha value is -3.61. The van der Waals surface area contributed by atoms with E-state index in [2.05, 4.69) is 20.4 Å². The third-order valence-corrected chi connectivity index (χ3v) is 4.00. The first kappa shape index (κ1) is 15.9. The van der Waals surface area contributed by atoms with E-state index < -0.39 is 0 Å². The number of furan rings is 1. The molecule has 4 rings (SSSR count). The molecule has 3 heterocycles. The highest BCUT2D eigenvalue weighted by atomic mass is 16.5. The van der Waals surface area contributed by atoms with E-state index in [1.165, 1.54) is 12.5 Å². The zero-order valence-electron chi connectivity index (χ0n) is 14.0. The van der Waals surface area contributed by atoms with Crippen LogP contribution in [0.2, 0.25) is 0 Å². The topological polar surface area (TPSA) is 97.0 Å². The predicted molar refractivity (Wildman–Crippen MR) is 94.1 cm³/mol. The molecule has 0 aliphatic carbocycles. The molecule has 2 N–H and O–H groups in total. The smallest absolute Gasteiger partial charge is 0.257 e. The van der Waals surface area contributed by atoms with Gasteiger partial charge in [-0.05, 0) is 24.6 Å². The van der Waals surface area contributed by atoms with E-state index in [1.54, 1.807) is 18.3 Å². The number of nitrogens with zero attached hydrogens (tertiary/aromatic N) is 2. The second kappa shape index (κ2) is 6.72. The van der Waals surface area contributed by atoms with Crippen molar-refractivity contribution in [1.82, 2.24) is 20.4 Å². The van der Waals surface area contributed by atoms with Gasteiger partial charge in [0.15, 0.2) is 5.76 Å². The van der Waals surface area contributed by atoms with Crippen LogP contribution in [0.1, 0.15) is 29.1 Å². The first-order chi connectivity index (χ1) is 12.7. The number of carbonyl (C=O) groups is 1. The Morgan fingerprint density at radius 1 is 1.15 bits per heavy atom. The van der Waals surface area contributed by atoms with Gasteiger partial charge in [-0.1, -0.05) is 35.5 Å². The number of hydrogen-bond acceptors (Lipinski definition) is 5. The van der Waals surface area contributed by atoms with Crippen molar-refractivity contribution in [3.63, 3.8) is 0 Å². The van der Waals surface area contributed by atoms with Crippen LogP contribution >= 0.6 is 0 Å². The van der Waals surface area contributed by atoms with Gasteiger partial charge in [0.25, 0.3) is 5.91 Å². The minimum absolute atomic E-state index is 0.295. The second-order valence-corrected chi connectivity index (χ2v) is 5.79. The third-order valence-electron chi connectivity index (χ3n) is 4.00. The summed E-state index contributed by atoms with van der Waals surface area (Å²) >= 11 is 0. The number of aromatic nitrogens is 3. The third kappa shape index (κ3) is 3.02. The molecule has 3 aromatic heterocycles. The van der Waals surface area contributed by atoms with Gasteiger partial charge in [0.2, 0.25) is 5.76 Å². The molecular weight excluding hydrogens is 332 g/mol. The van der Waals surface area contributed by atoms with E-state index in [0.29, 0.717) is 22.9 Å². The Kier molecular flexibility index (Phi) is 4.10. The normalized spacial score (nSPS) is 12.0. The summed E-state index contributed by atoms with van der Waals surface area (Å²) in [6.07, 6.45) is 4.63. The monoisotopic (exact) mass is 348 g/mol. The lowest BCUT2D eigenvalue weighted by Gasteiger charge is -2.11. The van der Waals surface area contributed by atoms with E-state index in [9.17, 15) is 4.79 Å². The van der Waals surface area contributed by atoms with E-state index in [-0.39, 0.29) is 11.9 Å². The van der Waals surface area contributed by atoms with Crippen molar-refractivity contribution in [1.29, 1.82) is 0 Å². The summed E-state index contributed by atoms with van der Waals surface area (Å²) in [4.78, 5) is 20.2. The number of nitrogens with one attached hydrogen (secondary N) is 2. The summed E-state index contributed by atoms with van der Waals surface area (Å²) in [5.41, 5.74) is 2.23. The highest BCUT2D eigenvalue weighted by molar-refractivity contribution is 5.98. The number of aromatic amines is 1. The molecular formula is C19H16N4O3. The highest BCUT2D eigenvalue weighted by Crippen LogP contribution is 2.25. The standard InChI is InChI=1S/C19H16N4O3/c1-12(18-20-11-15(23-18)13-6-3-2-4-7-13)22-19(24)14-10-21-26-17(14)16-8-5-9-25-16/h2-12H,1H3,(H,20,23)(H,22,24)/t12-/m0/s1. The van der Waals surface area contributed by atoms with Crippen LogP contribution in [0.3, 0.4) is 0 Å². The average Bonchev–Trinajstić information content (AvgIpc) is 3.42. The van der Waals surface area contributed by atoms with Crippen LogP contribution in [0.25, 0.3) is 22.8 Å². The van der Waals surface area contributed by atoms with Crippen LogP contribution in [0.5, 0.6) is 0 Å². The van der Waals surface area contributed by atoms with Gasteiger partial charge >= 0.3 is 0 Å². The van der Waals surface area contributed by atoms with E-state index in [4.69, 9.17) is 8.94 Å². The fourth-order valence-corrected chi connectivity index (χ4v) is 2.65. The summed E-state index contributed by atoms with van der Waals surface area (Å²) in [6, 6.07) is 13.0. The summed E-state index contributed by atoms with van der Waals surface area (Å²) in [7, 11) is 0. The van der Waals surface area contributed by atoms with Gasteiger partial charge in [0, 0.05) is 0 Å². The molecule has 0 spiro atoms. The first-order valence-electron chi connectivity index (χ1n) is 8.12. The molecule has 1 aromatic carbocycles. The molecule has 0 saturated carbocycles. The number of H-pyrrole nitrogens is 1. The van der Waals surface area contributed by atoms with Gasteiger partial charge in [-0.15, -0.1) is 0 Å². The molecule has 0 unspecified atom stereocenters. The quantitative estimate of drug-likeness (QED) is 0.571. The minimum atomic E-state index is -0.320. The lowest BCUT2D eigenvalue weighted by atomic mass is 10.2. The Morgan fingerprint density at radius 3 is 2.77 bits per heavy atom. The molecule has 0 bridgehead atoms. The summed E-state index contributed by atoms with van der Waals surface area (Å²) < 4.78 is 10.4. The lowest BCUT2D eigenvalue weighted by Crippen LogP contribution is -2.27. The number of rotatable bonds is 5.